The van der Waals surface area contributed by atoms with Crippen LogP contribution in [0, 0.1) is 0 Å². The van der Waals surface area contributed by atoms with Crippen molar-refractivity contribution in [1.82, 2.24) is 0 Å². The van der Waals surface area contributed by atoms with E-state index < -0.39 is 9.84 Å². The number of hydrogen-bond acceptors (Lipinski definition) is 3. The summed E-state index contributed by atoms with van der Waals surface area (Å²) in [6.45, 7) is 1.72. The number of aliphatic hydroxyl groups excluding tert-OH is 1. The molecule has 1 aromatic rings. The van der Waals surface area contributed by atoms with Gasteiger partial charge in [-0.3, -0.25) is 0 Å². The predicted octanol–water partition coefficient (Wildman–Crippen LogP) is 1.40. The summed E-state index contributed by atoms with van der Waals surface area (Å²) < 4.78 is 22.5. The van der Waals surface area contributed by atoms with Crippen molar-refractivity contribution in [2.24, 2.45) is 0 Å². The second kappa shape index (κ2) is 4.77. The van der Waals surface area contributed by atoms with Gasteiger partial charge >= 0.3 is 0 Å². The fourth-order valence-corrected chi connectivity index (χ4v) is 2.00. The van der Waals surface area contributed by atoms with Gasteiger partial charge in [0.2, 0.25) is 0 Å². The average Bonchev–Trinajstić information content (AvgIpc) is 2.14. The van der Waals surface area contributed by atoms with E-state index in [4.69, 9.17) is 5.11 Å². The van der Waals surface area contributed by atoms with Gasteiger partial charge in [-0.05, 0) is 37.5 Å². The van der Waals surface area contributed by atoms with Gasteiger partial charge in [0, 0.05) is 6.26 Å². The minimum Gasteiger partial charge on any atom is -0.393 e. The lowest BCUT2D eigenvalue weighted by Gasteiger charge is -2.05. The maximum atomic E-state index is 11.3. The van der Waals surface area contributed by atoms with Crippen molar-refractivity contribution in [3.8, 4) is 0 Å². The Bertz CT molecular complexity index is 421. The molecule has 0 saturated heterocycles. The van der Waals surface area contributed by atoms with E-state index in [1.807, 2.05) is 6.07 Å². The Hall–Kier alpha value is -0.870. The van der Waals surface area contributed by atoms with Gasteiger partial charge in [-0.25, -0.2) is 8.42 Å². The van der Waals surface area contributed by atoms with E-state index in [9.17, 15) is 8.42 Å². The molecule has 0 amide bonds. The number of sulfone groups is 1. The Kier molecular flexibility index (Phi) is 3.88. The van der Waals surface area contributed by atoms with Crippen LogP contribution in [0.25, 0.3) is 0 Å². The monoisotopic (exact) mass is 228 g/mol. The van der Waals surface area contributed by atoms with Crippen LogP contribution < -0.4 is 0 Å². The molecule has 0 aromatic heterocycles. The van der Waals surface area contributed by atoms with E-state index in [0.29, 0.717) is 17.7 Å². The summed E-state index contributed by atoms with van der Waals surface area (Å²) in [5, 5.41) is 9.12. The zero-order valence-corrected chi connectivity index (χ0v) is 9.79. The van der Waals surface area contributed by atoms with Gasteiger partial charge in [0.25, 0.3) is 0 Å². The Labute approximate surface area is 90.7 Å². The molecular formula is C11H16O3S. The summed E-state index contributed by atoms with van der Waals surface area (Å²) in [5.74, 6) is 0. The first-order valence-corrected chi connectivity index (χ1v) is 6.76. The molecule has 1 N–H and O–H groups in total. The normalized spacial score (nSPS) is 13.8. The Morgan fingerprint density at radius 2 is 2.07 bits per heavy atom. The molecule has 0 bridgehead atoms. The van der Waals surface area contributed by atoms with Gasteiger partial charge in [-0.1, -0.05) is 12.1 Å². The molecule has 84 valence electrons. The molecule has 0 fully saturated rings. The van der Waals surface area contributed by atoms with Gasteiger partial charge in [-0.15, -0.1) is 0 Å². The third-order valence-corrected chi connectivity index (χ3v) is 3.29. The summed E-state index contributed by atoms with van der Waals surface area (Å²) in [7, 11) is -3.13. The minimum atomic E-state index is -3.13. The molecule has 0 saturated carbocycles. The molecule has 3 nitrogen and oxygen atoms in total. The highest BCUT2D eigenvalue weighted by molar-refractivity contribution is 7.90. The fourth-order valence-electron chi connectivity index (χ4n) is 1.31. The average molecular weight is 228 g/mol. The summed E-state index contributed by atoms with van der Waals surface area (Å²) in [6.07, 6.45) is 2.18. The van der Waals surface area contributed by atoms with E-state index >= 15 is 0 Å². The molecule has 0 radical (unpaired) electrons. The predicted molar refractivity (Wildman–Crippen MR) is 59.6 cm³/mol. The maximum absolute atomic E-state index is 11.3. The first-order valence-electron chi connectivity index (χ1n) is 4.86. The van der Waals surface area contributed by atoms with Gasteiger partial charge < -0.3 is 5.11 Å². The molecule has 0 aliphatic rings. The number of benzene rings is 1. The first-order chi connectivity index (χ1) is 6.89. The molecule has 1 unspecified atom stereocenters. The quantitative estimate of drug-likeness (QED) is 0.847. The third-order valence-electron chi connectivity index (χ3n) is 2.18. The molecule has 0 spiro atoms. The molecule has 1 rings (SSSR count). The van der Waals surface area contributed by atoms with E-state index in [-0.39, 0.29) is 6.10 Å². The smallest absolute Gasteiger partial charge is 0.175 e. The second-order valence-corrected chi connectivity index (χ2v) is 5.82. The number of hydrogen-bond donors (Lipinski definition) is 1. The van der Waals surface area contributed by atoms with Gasteiger partial charge in [0.15, 0.2) is 9.84 Å². The molecule has 0 aliphatic heterocycles. The van der Waals surface area contributed by atoms with E-state index in [1.54, 1.807) is 25.1 Å². The second-order valence-electron chi connectivity index (χ2n) is 3.81. The van der Waals surface area contributed by atoms with Crippen LogP contribution in [-0.2, 0) is 16.3 Å². The van der Waals surface area contributed by atoms with E-state index in [2.05, 4.69) is 0 Å². The van der Waals surface area contributed by atoms with Crippen molar-refractivity contribution in [1.29, 1.82) is 0 Å². The van der Waals surface area contributed by atoms with Crippen molar-refractivity contribution < 1.29 is 13.5 Å². The summed E-state index contributed by atoms with van der Waals surface area (Å²) in [6, 6.07) is 6.85. The first kappa shape index (κ1) is 12.2. The number of rotatable bonds is 4. The molecule has 1 atom stereocenters. The van der Waals surface area contributed by atoms with Crippen LogP contribution in [0.3, 0.4) is 0 Å². The highest BCUT2D eigenvalue weighted by Gasteiger charge is 2.07. The Balaban J connectivity index is 2.84. The highest BCUT2D eigenvalue weighted by Crippen LogP contribution is 2.13. The maximum Gasteiger partial charge on any atom is 0.175 e. The summed E-state index contributed by atoms with van der Waals surface area (Å²) in [5.41, 5.74) is 0.943. The summed E-state index contributed by atoms with van der Waals surface area (Å²) in [4.78, 5) is 0.339. The van der Waals surface area contributed by atoms with Crippen LogP contribution in [0.4, 0.5) is 0 Å². The largest absolute Gasteiger partial charge is 0.393 e. The van der Waals surface area contributed by atoms with Gasteiger partial charge in [0.05, 0.1) is 11.0 Å². The molecular weight excluding hydrogens is 212 g/mol. The molecule has 1 aromatic carbocycles. The van der Waals surface area contributed by atoms with Crippen LogP contribution in [0.2, 0.25) is 0 Å². The molecule has 4 heteroatoms. The zero-order chi connectivity index (χ0) is 11.5. The molecule has 0 aliphatic carbocycles. The molecule has 0 heterocycles. The Morgan fingerprint density at radius 1 is 1.40 bits per heavy atom. The highest BCUT2D eigenvalue weighted by atomic mass is 32.2. The van der Waals surface area contributed by atoms with Crippen LogP contribution in [-0.4, -0.2) is 25.9 Å². The van der Waals surface area contributed by atoms with Crippen LogP contribution >= 0.6 is 0 Å². The van der Waals surface area contributed by atoms with Crippen molar-refractivity contribution in [2.75, 3.05) is 6.26 Å². The lowest BCUT2D eigenvalue weighted by molar-refractivity contribution is 0.185. The number of aryl methyl sites for hydroxylation is 1. The lowest BCUT2D eigenvalue weighted by atomic mass is 10.1. The van der Waals surface area contributed by atoms with E-state index in [1.165, 1.54) is 6.26 Å². The van der Waals surface area contributed by atoms with Crippen molar-refractivity contribution in [3.05, 3.63) is 29.8 Å². The summed E-state index contributed by atoms with van der Waals surface area (Å²) >= 11 is 0. The van der Waals surface area contributed by atoms with Crippen molar-refractivity contribution in [3.63, 3.8) is 0 Å². The van der Waals surface area contributed by atoms with Gasteiger partial charge in [-0.2, -0.15) is 0 Å². The van der Waals surface area contributed by atoms with Gasteiger partial charge in [0.1, 0.15) is 0 Å². The SMILES string of the molecule is CC(O)CCc1cccc(S(C)(=O)=O)c1. The minimum absolute atomic E-state index is 0.339. The van der Waals surface area contributed by atoms with Crippen molar-refractivity contribution >= 4 is 9.84 Å². The zero-order valence-electron chi connectivity index (χ0n) is 8.97. The topological polar surface area (TPSA) is 54.4 Å². The van der Waals surface area contributed by atoms with E-state index in [0.717, 1.165) is 5.56 Å². The van der Waals surface area contributed by atoms with Crippen LogP contribution in [0.1, 0.15) is 18.9 Å². The molecule has 15 heavy (non-hydrogen) atoms. The fraction of sp³-hybridized carbons (Fsp3) is 0.455. The Morgan fingerprint density at radius 3 is 2.60 bits per heavy atom. The van der Waals surface area contributed by atoms with Crippen molar-refractivity contribution in [2.45, 2.75) is 30.8 Å². The third kappa shape index (κ3) is 4.01. The number of aliphatic hydroxyl groups is 1. The van der Waals surface area contributed by atoms with Crippen LogP contribution in [0.5, 0.6) is 0 Å². The standard InChI is InChI=1S/C11H16O3S/c1-9(12)6-7-10-4-3-5-11(8-10)15(2,13)14/h3-5,8-9,12H,6-7H2,1-2H3. The van der Waals surface area contributed by atoms with Crippen LogP contribution in [0.15, 0.2) is 29.2 Å². The lowest BCUT2D eigenvalue weighted by Crippen LogP contribution is -2.02.